The summed E-state index contributed by atoms with van der Waals surface area (Å²) < 4.78 is 9.31. The van der Waals surface area contributed by atoms with E-state index in [4.69, 9.17) is 0 Å². The van der Waals surface area contributed by atoms with Gasteiger partial charge in [-0.15, -0.1) is 0 Å². The van der Waals surface area contributed by atoms with Gasteiger partial charge in [-0.05, 0) is 48.5 Å². The molecule has 156 valence electrons. The van der Waals surface area contributed by atoms with Gasteiger partial charge in [0.05, 0.1) is 25.3 Å². The monoisotopic (exact) mass is 410 g/mol. The van der Waals surface area contributed by atoms with Crippen LogP contribution in [0.5, 0.6) is 0 Å². The van der Waals surface area contributed by atoms with Crippen molar-refractivity contribution >= 4 is 23.8 Å². The highest BCUT2D eigenvalue weighted by Crippen LogP contribution is 2.14. The maximum atomic E-state index is 12.7. The van der Waals surface area contributed by atoms with Crippen LogP contribution in [-0.2, 0) is 9.47 Å². The first-order valence-corrected chi connectivity index (χ1v) is 9.40. The molecule has 30 heavy (non-hydrogen) atoms. The molecule has 0 radical (unpaired) electrons. The minimum absolute atomic E-state index is 0.152. The van der Waals surface area contributed by atoms with Gasteiger partial charge >= 0.3 is 11.9 Å². The van der Waals surface area contributed by atoms with Gasteiger partial charge in [-0.1, -0.05) is 0 Å². The summed E-state index contributed by atoms with van der Waals surface area (Å²) in [6.45, 7) is 1.63. The van der Waals surface area contributed by atoms with Crippen LogP contribution in [0.1, 0.15) is 41.4 Å². The Balaban J connectivity index is 1.58. The fourth-order valence-electron chi connectivity index (χ4n) is 3.21. The van der Waals surface area contributed by atoms with E-state index in [1.807, 2.05) is 0 Å². The third-order valence-corrected chi connectivity index (χ3v) is 4.96. The van der Waals surface area contributed by atoms with E-state index in [0.717, 1.165) is 0 Å². The third kappa shape index (κ3) is 4.48. The molecule has 2 aromatic carbocycles. The lowest BCUT2D eigenvalue weighted by molar-refractivity contribution is 0.0535. The van der Waals surface area contributed by atoms with Gasteiger partial charge in [0.25, 0.3) is 11.8 Å². The molecule has 0 aromatic heterocycles. The second-order valence-corrected chi connectivity index (χ2v) is 6.72. The van der Waals surface area contributed by atoms with Gasteiger partial charge in [0.15, 0.2) is 0 Å². The van der Waals surface area contributed by atoms with Crippen LogP contribution in [0.15, 0.2) is 48.5 Å². The first-order chi connectivity index (χ1) is 14.4. The number of carbonyl (C=O) groups is 4. The third-order valence-electron chi connectivity index (χ3n) is 4.96. The Morgan fingerprint density at radius 2 is 0.833 bits per heavy atom. The van der Waals surface area contributed by atoms with E-state index >= 15 is 0 Å². The van der Waals surface area contributed by atoms with E-state index in [9.17, 15) is 19.2 Å². The molecule has 0 unspecified atom stereocenters. The summed E-state index contributed by atoms with van der Waals surface area (Å²) in [5, 5.41) is 0. The molecular weight excluding hydrogens is 388 g/mol. The molecule has 2 amide bonds. The zero-order valence-corrected chi connectivity index (χ0v) is 16.8. The molecule has 1 heterocycles. The Kier molecular flexibility index (Phi) is 6.46. The number of benzene rings is 2. The van der Waals surface area contributed by atoms with Crippen LogP contribution in [0.3, 0.4) is 0 Å². The Bertz CT molecular complexity index is 865. The molecule has 1 aliphatic heterocycles. The van der Waals surface area contributed by atoms with E-state index in [2.05, 4.69) is 9.47 Å². The summed E-state index contributed by atoms with van der Waals surface area (Å²) in [7, 11) is 2.60. The van der Waals surface area contributed by atoms with Crippen molar-refractivity contribution < 1.29 is 28.7 Å². The van der Waals surface area contributed by atoms with E-state index < -0.39 is 11.9 Å². The smallest absolute Gasteiger partial charge is 0.337 e. The van der Waals surface area contributed by atoms with E-state index in [1.165, 1.54) is 14.2 Å². The molecule has 1 fully saturated rings. The van der Waals surface area contributed by atoms with Gasteiger partial charge in [0.2, 0.25) is 0 Å². The average Bonchev–Trinajstić information content (AvgIpc) is 2.82. The zero-order valence-electron chi connectivity index (χ0n) is 16.8. The predicted molar refractivity (Wildman–Crippen MR) is 107 cm³/mol. The van der Waals surface area contributed by atoms with Crippen molar-refractivity contribution in [2.24, 2.45) is 0 Å². The number of hydrogen-bond acceptors (Lipinski definition) is 6. The summed E-state index contributed by atoms with van der Waals surface area (Å²) >= 11 is 0. The highest BCUT2D eigenvalue weighted by atomic mass is 16.5. The fraction of sp³-hybridized carbons (Fsp3) is 0.273. The molecule has 3 rings (SSSR count). The fourth-order valence-corrected chi connectivity index (χ4v) is 3.21. The number of hydrogen-bond donors (Lipinski definition) is 0. The molecule has 0 aliphatic carbocycles. The van der Waals surface area contributed by atoms with E-state index in [0.29, 0.717) is 48.4 Å². The Labute approximate surface area is 174 Å². The van der Waals surface area contributed by atoms with Gasteiger partial charge in [-0.3, -0.25) is 9.59 Å². The van der Waals surface area contributed by atoms with Gasteiger partial charge in [0, 0.05) is 37.3 Å². The van der Waals surface area contributed by atoms with Crippen LogP contribution < -0.4 is 0 Å². The lowest BCUT2D eigenvalue weighted by Gasteiger charge is -2.35. The van der Waals surface area contributed by atoms with Gasteiger partial charge in [0.1, 0.15) is 0 Å². The van der Waals surface area contributed by atoms with Crippen molar-refractivity contribution in [2.75, 3.05) is 40.4 Å². The largest absolute Gasteiger partial charge is 0.465 e. The Hall–Kier alpha value is -3.68. The maximum absolute atomic E-state index is 12.7. The number of esters is 2. The first-order valence-electron chi connectivity index (χ1n) is 9.40. The molecule has 1 saturated heterocycles. The van der Waals surface area contributed by atoms with Crippen molar-refractivity contribution in [3.05, 3.63) is 70.8 Å². The molecule has 2 aromatic rings. The van der Waals surface area contributed by atoms with Crippen LogP contribution in [0.25, 0.3) is 0 Å². The van der Waals surface area contributed by atoms with Crippen molar-refractivity contribution in [1.82, 2.24) is 9.80 Å². The Morgan fingerprint density at radius 1 is 0.567 bits per heavy atom. The van der Waals surface area contributed by atoms with Crippen LogP contribution in [0.4, 0.5) is 0 Å². The maximum Gasteiger partial charge on any atom is 0.337 e. The molecule has 0 bridgehead atoms. The van der Waals surface area contributed by atoms with Gasteiger partial charge in [-0.2, -0.15) is 0 Å². The zero-order chi connectivity index (χ0) is 21.7. The lowest BCUT2D eigenvalue weighted by atomic mass is 10.1. The number of methoxy groups -OCH3 is 2. The number of piperazine rings is 1. The standard InChI is InChI=1S/C22H22N2O6/c1-29-21(27)17-7-3-15(4-8-17)19(25)23-11-13-24(14-12-23)20(26)16-5-9-18(10-6-16)22(28)30-2/h3-10H,11-14H2,1-2H3. The SMILES string of the molecule is COC(=O)c1ccc(C(=O)N2CCN(C(=O)c3ccc(C(=O)OC)cc3)CC2)cc1. The second kappa shape index (κ2) is 9.21. The highest BCUT2D eigenvalue weighted by Gasteiger charge is 2.25. The van der Waals surface area contributed by atoms with Gasteiger partial charge < -0.3 is 19.3 Å². The van der Waals surface area contributed by atoms with Crippen LogP contribution >= 0.6 is 0 Å². The molecule has 0 spiro atoms. The summed E-state index contributed by atoms with van der Waals surface area (Å²) in [4.78, 5) is 51.7. The highest BCUT2D eigenvalue weighted by molar-refractivity contribution is 5.98. The summed E-state index contributed by atoms with van der Waals surface area (Å²) in [6.07, 6.45) is 0. The second-order valence-electron chi connectivity index (χ2n) is 6.72. The number of amides is 2. The first kappa shape index (κ1) is 21.0. The quantitative estimate of drug-likeness (QED) is 0.715. The number of ether oxygens (including phenoxy) is 2. The topological polar surface area (TPSA) is 93.2 Å². The van der Waals surface area contributed by atoms with E-state index in [-0.39, 0.29) is 11.8 Å². The van der Waals surface area contributed by atoms with E-state index in [1.54, 1.807) is 58.3 Å². The molecule has 0 atom stereocenters. The van der Waals surface area contributed by atoms with Crippen LogP contribution in [-0.4, -0.2) is 74.0 Å². The van der Waals surface area contributed by atoms with Crippen molar-refractivity contribution in [2.45, 2.75) is 0 Å². The minimum Gasteiger partial charge on any atom is -0.465 e. The molecule has 1 aliphatic rings. The molecule has 0 N–H and O–H groups in total. The minimum atomic E-state index is -0.458. The van der Waals surface area contributed by atoms with Crippen LogP contribution in [0.2, 0.25) is 0 Å². The van der Waals surface area contributed by atoms with Crippen molar-refractivity contribution in [3.63, 3.8) is 0 Å². The molecule has 8 heteroatoms. The lowest BCUT2D eigenvalue weighted by Crippen LogP contribution is -2.50. The number of carbonyl (C=O) groups excluding carboxylic acids is 4. The average molecular weight is 410 g/mol. The molecule has 8 nitrogen and oxygen atoms in total. The van der Waals surface area contributed by atoms with Crippen molar-refractivity contribution in [1.29, 1.82) is 0 Å². The summed E-state index contributed by atoms with van der Waals surface area (Å²) in [6, 6.07) is 12.6. The Morgan fingerprint density at radius 3 is 1.10 bits per heavy atom. The normalized spacial score (nSPS) is 13.5. The number of rotatable bonds is 4. The number of nitrogens with zero attached hydrogens (tertiary/aromatic N) is 2. The molecular formula is C22H22N2O6. The van der Waals surface area contributed by atoms with Crippen LogP contribution in [0, 0.1) is 0 Å². The molecule has 0 saturated carbocycles. The van der Waals surface area contributed by atoms with Crippen molar-refractivity contribution in [3.8, 4) is 0 Å². The van der Waals surface area contributed by atoms with Gasteiger partial charge in [-0.25, -0.2) is 9.59 Å². The summed E-state index contributed by atoms with van der Waals surface area (Å²) in [5.74, 6) is -1.22. The summed E-state index contributed by atoms with van der Waals surface area (Å²) in [5.41, 5.74) is 1.70. The predicted octanol–water partition coefficient (Wildman–Crippen LogP) is 1.86.